The maximum atomic E-state index is 13.1. The molecule has 0 saturated carbocycles. The summed E-state index contributed by atoms with van der Waals surface area (Å²) in [6.07, 6.45) is -1.72. The molecule has 8 nitrogen and oxygen atoms in total. The Kier molecular flexibility index (Phi) is 6.15. The molecule has 3 aromatic rings. The van der Waals surface area contributed by atoms with Crippen molar-refractivity contribution in [3.63, 3.8) is 0 Å². The first-order valence-electron chi connectivity index (χ1n) is 10.7. The number of alkyl halides is 3. The zero-order valence-electron chi connectivity index (χ0n) is 18.3. The van der Waals surface area contributed by atoms with E-state index >= 15 is 0 Å². The fraction of sp³-hybridized carbons (Fsp3) is 0.409. The zero-order chi connectivity index (χ0) is 23.8. The Morgan fingerprint density at radius 1 is 1.06 bits per heavy atom. The topological polar surface area (TPSA) is 81.6 Å². The van der Waals surface area contributed by atoms with Crippen molar-refractivity contribution in [3.8, 4) is 10.4 Å². The largest absolute Gasteiger partial charge is 0.433 e. The minimum atomic E-state index is -4.56. The lowest BCUT2D eigenvalue weighted by atomic mass is 10.1. The molecule has 2 aliphatic rings. The monoisotopic (exact) mass is 493 g/mol. The number of anilines is 3. The van der Waals surface area contributed by atoms with Crippen LogP contribution in [0.25, 0.3) is 10.4 Å². The standard InChI is InChI=1S/C22H22F3N5O3S/c1-21(32-8-9-33-21)19-27-13-17(34-19)14-10-15(12-16(11-14)30-4-6-31-7-5-30)28-20-26-3-2-18(29-20)22(23,24)25/h2-3,10-13H,4-9H2,1H3,(H,26,28,29). The minimum absolute atomic E-state index is 0.134. The van der Waals surface area contributed by atoms with Crippen LogP contribution in [0.2, 0.25) is 0 Å². The number of halogens is 3. The smallest absolute Gasteiger partial charge is 0.378 e. The third-order valence-corrected chi connectivity index (χ3v) is 6.74. The van der Waals surface area contributed by atoms with E-state index < -0.39 is 17.7 Å². The lowest BCUT2D eigenvalue weighted by molar-refractivity contribution is -0.149. The van der Waals surface area contributed by atoms with E-state index in [0.29, 0.717) is 50.2 Å². The van der Waals surface area contributed by atoms with Crippen LogP contribution in [0.1, 0.15) is 17.6 Å². The second kappa shape index (κ2) is 9.10. The van der Waals surface area contributed by atoms with E-state index in [1.54, 1.807) is 6.20 Å². The fourth-order valence-corrected chi connectivity index (χ4v) is 4.75. The lowest BCUT2D eigenvalue weighted by Gasteiger charge is -2.29. The minimum Gasteiger partial charge on any atom is -0.378 e. The van der Waals surface area contributed by atoms with Crippen LogP contribution in [0.15, 0.2) is 36.7 Å². The van der Waals surface area contributed by atoms with Crippen molar-refractivity contribution < 1.29 is 27.4 Å². The summed E-state index contributed by atoms with van der Waals surface area (Å²) < 4.78 is 56.2. The molecule has 12 heteroatoms. The van der Waals surface area contributed by atoms with Crippen molar-refractivity contribution in [2.75, 3.05) is 49.7 Å². The van der Waals surface area contributed by atoms with E-state index in [2.05, 4.69) is 25.2 Å². The van der Waals surface area contributed by atoms with Crippen LogP contribution in [0.4, 0.5) is 30.5 Å². The third kappa shape index (κ3) is 4.85. The van der Waals surface area contributed by atoms with Gasteiger partial charge in [0.05, 0.1) is 31.3 Å². The van der Waals surface area contributed by atoms with Crippen molar-refractivity contribution in [1.82, 2.24) is 15.0 Å². The van der Waals surface area contributed by atoms with E-state index in [9.17, 15) is 13.2 Å². The molecule has 180 valence electrons. The molecule has 34 heavy (non-hydrogen) atoms. The van der Waals surface area contributed by atoms with Crippen LogP contribution in [0.5, 0.6) is 0 Å². The van der Waals surface area contributed by atoms with Crippen LogP contribution in [-0.2, 0) is 26.2 Å². The second-order valence-electron chi connectivity index (χ2n) is 7.93. The summed E-state index contributed by atoms with van der Waals surface area (Å²) in [5.41, 5.74) is 1.31. The number of hydrogen-bond acceptors (Lipinski definition) is 9. The summed E-state index contributed by atoms with van der Waals surface area (Å²) in [6.45, 7) is 5.45. The Balaban J connectivity index is 1.50. The number of nitrogens with one attached hydrogen (secondary N) is 1. The van der Waals surface area contributed by atoms with Gasteiger partial charge in [-0.25, -0.2) is 15.0 Å². The van der Waals surface area contributed by atoms with E-state index in [1.165, 1.54) is 11.3 Å². The number of rotatable bonds is 5. The zero-order valence-corrected chi connectivity index (χ0v) is 19.1. The molecule has 0 amide bonds. The van der Waals surface area contributed by atoms with Crippen molar-refractivity contribution >= 4 is 28.7 Å². The van der Waals surface area contributed by atoms with E-state index in [-0.39, 0.29) is 5.95 Å². The summed E-state index contributed by atoms with van der Waals surface area (Å²) in [7, 11) is 0. The van der Waals surface area contributed by atoms with Crippen molar-refractivity contribution in [2.24, 2.45) is 0 Å². The summed E-state index contributed by atoms with van der Waals surface area (Å²) in [4.78, 5) is 15.1. The van der Waals surface area contributed by atoms with E-state index in [0.717, 1.165) is 28.4 Å². The highest BCUT2D eigenvalue weighted by molar-refractivity contribution is 7.15. The summed E-state index contributed by atoms with van der Waals surface area (Å²) >= 11 is 1.45. The Morgan fingerprint density at radius 2 is 1.82 bits per heavy atom. The molecule has 0 spiro atoms. The number of benzene rings is 1. The van der Waals surface area contributed by atoms with Crippen molar-refractivity contribution in [2.45, 2.75) is 18.9 Å². The van der Waals surface area contributed by atoms with Gasteiger partial charge in [-0.2, -0.15) is 13.2 Å². The van der Waals surface area contributed by atoms with Gasteiger partial charge in [0.25, 0.3) is 0 Å². The van der Waals surface area contributed by atoms with Crippen molar-refractivity contribution in [1.29, 1.82) is 0 Å². The van der Waals surface area contributed by atoms with Gasteiger partial charge < -0.3 is 24.4 Å². The third-order valence-electron chi connectivity index (χ3n) is 5.51. The molecule has 2 saturated heterocycles. The quantitative estimate of drug-likeness (QED) is 0.560. The van der Waals surface area contributed by atoms with Gasteiger partial charge in [0.1, 0.15) is 5.69 Å². The van der Waals surface area contributed by atoms with Gasteiger partial charge in [0.2, 0.25) is 11.7 Å². The first-order valence-corrected chi connectivity index (χ1v) is 11.5. The number of aromatic nitrogens is 3. The molecular weight excluding hydrogens is 471 g/mol. The maximum Gasteiger partial charge on any atom is 0.433 e. The highest BCUT2D eigenvalue weighted by atomic mass is 32.1. The van der Waals surface area contributed by atoms with Gasteiger partial charge in [0.15, 0.2) is 5.01 Å². The molecule has 0 unspecified atom stereocenters. The predicted octanol–water partition coefficient (Wildman–Crippen LogP) is 4.42. The number of nitrogens with zero attached hydrogens (tertiary/aromatic N) is 4. The van der Waals surface area contributed by atoms with Gasteiger partial charge in [0, 0.05) is 36.9 Å². The van der Waals surface area contributed by atoms with Crippen LogP contribution in [0.3, 0.4) is 0 Å². The van der Waals surface area contributed by atoms with Gasteiger partial charge in [-0.15, -0.1) is 11.3 Å². The molecule has 0 radical (unpaired) electrons. The molecule has 1 aromatic carbocycles. The average Bonchev–Trinajstić information content (AvgIpc) is 3.50. The molecule has 1 N–H and O–H groups in total. The Labute approximate surface area is 197 Å². The molecule has 0 bridgehead atoms. The lowest BCUT2D eigenvalue weighted by Crippen LogP contribution is -2.36. The van der Waals surface area contributed by atoms with Crippen molar-refractivity contribution in [3.05, 3.63) is 47.4 Å². The molecular formula is C22H22F3N5O3S. The SMILES string of the molecule is CC1(c2ncc(-c3cc(Nc4nccc(C(F)(F)F)n4)cc(N4CCOCC4)c3)s2)OCCO1. The van der Waals surface area contributed by atoms with Crippen LogP contribution in [0, 0.1) is 0 Å². The number of ether oxygens (including phenoxy) is 3. The maximum absolute atomic E-state index is 13.1. The molecule has 2 aromatic heterocycles. The number of morpholine rings is 1. The first kappa shape index (κ1) is 23.0. The van der Waals surface area contributed by atoms with Gasteiger partial charge >= 0.3 is 6.18 Å². The Morgan fingerprint density at radius 3 is 2.56 bits per heavy atom. The Hall–Kier alpha value is -2.80. The average molecular weight is 494 g/mol. The summed E-state index contributed by atoms with van der Waals surface area (Å²) in [6, 6.07) is 6.57. The number of hydrogen-bond donors (Lipinski definition) is 1. The normalized spacial score (nSPS) is 18.3. The van der Waals surface area contributed by atoms with Gasteiger partial charge in [-0.1, -0.05) is 0 Å². The molecule has 2 fully saturated rings. The molecule has 2 aliphatic heterocycles. The highest BCUT2D eigenvalue weighted by Crippen LogP contribution is 2.39. The molecule has 0 aliphatic carbocycles. The van der Waals surface area contributed by atoms with Crippen LogP contribution < -0.4 is 10.2 Å². The first-order chi connectivity index (χ1) is 16.3. The van der Waals surface area contributed by atoms with E-state index in [4.69, 9.17) is 14.2 Å². The summed E-state index contributed by atoms with van der Waals surface area (Å²) in [5.74, 6) is -1.01. The Bertz CT molecular complexity index is 1160. The highest BCUT2D eigenvalue weighted by Gasteiger charge is 2.36. The van der Waals surface area contributed by atoms with Gasteiger partial charge in [-0.3, -0.25) is 0 Å². The van der Waals surface area contributed by atoms with Crippen LogP contribution in [-0.4, -0.2) is 54.5 Å². The predicted molar refractivity (Wildman–Crippen MR) is 120 cm³/mol. The number of thiazole rings is 1. The van der Waals surface area contributed by atoms with Crippen LogP contribution >= 0.6 is 11.3 Å². The molecule has 4 heterocycles. The summed E-state index contributed by atoms with van der Waals surface area (Å²) in [5, 5.41) is 3.63. The fourth-order valence-electron chi connectivity index (χ4n) is 3.79. The van der Waals surface area contributed by atoms with E-state index in [1.807, 2.05) is 25.1 Å². The molecule has 5 rings (SSSR count). The second-order valence-corrected chi connectivity index (χ2v) is 8.96. The van der Waals surface area contributed by atoms with Gasteiger partial charge in [-0.05, 0) is 36.8 Å². The molecule has 0 atom stereocenters.